The second kappa shape index (κ2) is 8.02. The quantitative estimate of drug-likeness (QED) is 0.587. The fraction of sp³-hybridized carbons (Fsp3) is 0.211. The zero-order chi connectivity index (χ0) is 21.2. The van der Waals surface area contributed by atoms with Crippen LogP contribution in [0.3, 0.4) is 0 Å². The lowest BCUT2D eigenvalue weighted by Crippen LogP contribution is -2.12. The van der Waals surface area contributed by atoms with Gasteiger partial charge in [-0.15, -0.1) is 10.2 Å². The number of phenols is 1. The van der Waals surface area contributed by atoms with Crippen LogP contribution in [0.25, 0.3) is 10.8 Å². The van der Waals surface area contributed by atoms with Gasteiger partial charge in [-0.25, -0.2) is 18.5 Å². The van der Waals surface area contributed by atoms with Crippen LogP contribution in [-0.4, -0.2) is 31.7 Å². The van der Waals surface area contributed by atoms with Crippen LogP contribution in [0.5, 0.6) is 17.2 Å². The normalized spacial score (nSPS) is 12.0. The van der Waals surface area contributed by atoms with Crippen LogP contribution < -0.4 is 14.6 Å². The molecule has 2 aromatic carbocycles. The monoisotopic (exact) mass is 416 g/mol. The van der Waals surface area contributed by atoms with Gasteiger partial charge in [0.25, 0.3) is 0 Å². The van der Waals surface area contributed by atoms with Crippen LogP contribution in [0.2, 0.25) is 0 Å². The van der Waals surface area contributed by atoms with Crippen molar-refractivity contribution in [1.29, 1.82) is 0 Å². The molecule has 0 spiro atoms. The summed E-state index contributed by atoms with van der Waals surface area (Å²) >= 11 is 0. The summed E-state index contributed by atoms with van der Waals surface area (Å²) in [7, 11) is -2.60. The summed E-state index contributed by atoms with van der Waals surface area (Å²) in [6, 6.07) is 9.99. The molecule has 0 aliphatic carbocycles. The highest BCUT2D eigenvalue weighted by atomic mass is 32.2. The smallest absolute Gasteiger partial charge is 0.239 e. The van der Waals surface area contributed by atoms with E-state index in [0.29, 0.717) is 11.1 Å². The second-order valence-corrected chi connectivity index (χ2v) is 7.96. The molecule has 0 radical (unpaired) electrons. The third-order valence-electron chi connectivity index (χ3n) is 3.93. The molecule has 3 rings (SSSR count). The number of ether oxygens (including phenoxy) is 2. The van der Waals surface area contributed by atoms with Crippen molar-refractivity contribution in [2.45, 2.75) is 24.8 Å². The van der Waals surface area contributed by atoms with Gasteiger partial charge in [-0.3, -0.25) is 0 Å². The van der Waals surface area contributed by atoms with E-state index in [-0.39, 0.29) is 34.0 Å². The standard InChI is InChI=1S/C19H20N4O5S/c1-11(2)28-16-9-15(18(24)14-7-5-4-6-13(14)16)22-23-19-17(27-3)8-12(10-21-19)29(20,25)26/h4-11,24H,1-3H3,(H2,20,25,26). The minimum Gasteiger partial charge on any atom is -0.505 e. The highest BCUT2D eigenvalue weighted by Gasteiger charge is 2.15. The van der Waals surface area contributed by atoms with Crippen LogP contribution >= 0.6 is 0 Å². The van der Waals surface area contributed by atoms with E-state index in [1.54, 1.807) is 18.2 Å². The molecule has 3 aromatic rings. The number of azo groups is 1. The Labute approximate surface area is 167 Å². The molecule has 0 unspecified atom stereocenters. The van der Waals surface area contributed by atoms with Gasteiger partial charge in [0.15, 0.2) is 11.5 Å². The van der Waals surface area contributed by atoms with Gasteiger partial charge in [0.05, 0.1) is 13.2 Å². The lowest BCUT2D eigenvalue weighted by atomic mass is 10.1. The molecule has 9 nitrogen and oxygen atoms in total. The maximum absolute atomic E-state index is 11.5. The van der Waals surface area contributed by atoms with E-state index in [0.717, 1.165) is 11.6 Å². The van der Waals surface area contributed by atoms with E-state index in [1.165, 1.54) is 13.2 Å². The fourth-order valence-corrected chi connectivity index (χ4v) is 3.11. The second-order valence-electron chi connectivity index (χ2n) is 6.40. The van der Waals surface area contributed by atoms with Crippen molar-refractivity contribution < 1.29 is 23.0 Å². The number of benzene rings is 2. The molecule has 0 aliphatic rings. The Bertz CT molecular complexity index is 1190. The number of phenolic OH excluding ortho intramolecular Hbond substituents is 1. The highest BCUT2D eigenvalue weighted by Crippen LogP contribution is 2.42. The molecule has 0 saturated heterocycles. The molecule has 152 valence electrons. The van der Waals surface area contributed by atoms with Crippen LogP contribution in [0, 0.1) is 0 Å². The number of hydrogen-bond donors (Lipinski definition) is 2. The van der Waals surface area contributed by atoms with Crippen molar-refractivity contribution in [1.82, 2.24) is 4.98 Å². The van der Waals surface area contributed by atoms with Gasteiger partial charge >= 0.3 is 0 Å². The number of methoxy groups -OCH3 is 1. The summed E-state index contributed by atoms with van der Waals surface area (Å²) in [6.07, 6.45) is 0.972. The molecule has 29 heavy (non-hydrogen) atoms. The average Bonchev–Trinajstić information content (AvgIpc) is 2.68. The first kappa shape index (κ1) is 20.5. The molecular weight excluding hydrogens is 396 g/mol. The number of aromatic nitrogens is 1. The van der Waals surface area contributed by atoms with Crippen molar-refractivity contribution in [2.75, 3.05) is 7.11 Å². The SMILES string of the molecule is COc1cc(S(N)(=O)=O)cnc1N=Nc1cc(OC(C)C)c2ccccc2c1O. The van der Waals surface area contributed by atoms with Crippen molar-refractivity contribution >= 4 is 32.3 Å². The van der Waals surface area contributed by atoms with Crippen molar-refractivity contribution in [2.24, 2.45) is 15.4 Å². The van der Waals surface area contributed by atoms with Crippen LogP contribution in [0.1, 0.15) is 13.8 Å². The minimum absolute atomic E-state index is 0.0267. The molecule has 10 heteroatoms. The summed E-state index contributed by atoms with van der Waals surface area (Å²) in [5.41, 5.74) is 0.165. The topological polar surface area (TPSA) is 136 Å². The molecule has 0 fully saturated rings. The summed E-state index contributed by atoms with van der Waals surface area (Å²) in [5.74, 6) is 0.574. The first-order chi connectivity index (χ1) is 13.7. The number of nitrogens with zero attached hydrogens (tertiary/aromatic N) is 3. The summed E-state index contributed by atoms with van der Waals surface area (Å²) in [4.78, 5) is 3.72. The number of pyridine rings is 1. The van der Waals surface area contributed by atoms with E-state index < -0.39 is 10.0 Å². The van der Waals surface area contributed by atoms with Crippen molar-refractivity contribution in [3.63, 3.8) is 0 Å². The van der Waals surface area contributed by atoms with E-state index >= 15 is 0 Å². The maximum Gasteiger partial charge on any atom is 0.239 e. The van der Waals surface area contributed by atoms with E-state index in [2.05, 4.69) is 15.2 Å². The molecule has 0 amide bonds. The van der Waals surface area contributed by atoms with E-state index in [9.17, 15) is 13.5 Å². The number of rotatable bonds is 6. The molecular formula is C19H20N4O5S. The minimum atomic E-state index is -3.94. The third-order valence-corrected chi connectivity index (χ3v) is 4.81. The Morgan fingerprint density at radius 1 is 1.10 bits per heavy atom. The summed E-state index contributed by atoms with van der Waals surface area (Å²) < 4.78 is 33.9. The van der Waals surface area contributed by atoms with Crippen molar-refractivity contribution in [3.05, 3.63) is 42.6 Å². The zero-order valence-corrected chi connectivity index (χ0v) is 16.8. The number of sulfonamides is 1. The maximum atomic E-state index is 11.5. The number of nitrogens with two attached hydrogens (primary N) is 1. The molecule has 1 heterocycles. The molecule has 0 saturated carbocycles. The molecule has 0 atom stereocenters. The first-order valence-corrected chi connectivity index (χ1v) is 10.1. The Morgan fingerprint density at radius 2 is 1.79 bits per heavy atom. The van der Waals surface area contributed by atoms with Gasteiger partial charge in [0.2, 0.25) is 15.8 Å². The van der Waals surface area contributed by atoms with Crippen molar-refractivity contribution in [3.8, 4) is 17.2 Å². The van der Waals surface area contributed by atoms with E-state index in [4.69, 9.17) is 14.6 Å². The number of primary sulfonamides is 1. The van der Waals surface area contributed by atoms with Gasteiger partial charge in [-0.2, -0.15) is 0 Å². The predicted octanol–water partition coefficient (Wildman–Crippen LogP) is 3.80. The van der Waals surface area contributed by atoms with Gasteiger partial charge in [-0.05, 0) is 13.8 Å². The Morgan fingerprint density at radius 3 is 2.41 bits per heavy atom. The molecule has 3 N–H and O–H groups in total. The lowest BCUT2D eigenvalue weighted by Gasteiger charge is -2.14. The zero-order valence-electron chi connectivity index (χ0n) is 16.0. The fourth-order valence-electron chi connectivity index (χ4n) is 2.64. The van der Waals surface area contributed by atoms with Gasteiger partial charge in [-0.1, -0.05) is 24.3 Å². The predicted molar refractivity (Wildman–Crippen MR) is 108 cm³/mol. The number of aromatic hydroxyl groups is 1. The van der Waals surface area contributed by atoms with E-state index in [1.807, 2.05) is 26.0 Å². The van der Waals surface area contributed by atoms with Gasteiger partial charge < -0.3 is 14.6 Å². The average molecular weight is 416 g/mol. The Hall–Kier alpha value is -3.24. The molecule has 0 aliphatic heterocycles. The largest absolute Gasteiger partial charge is 0.505 e. The lowest BCUT2D eigenvalue weighted by molar-refractivity contribution is 0.245. The summed E-state index contributed by atoms with van der Waals surface area (Å²) in [5, 5.41) is 25.1. The van der Waals surface area contributed by atoms with Crippen LogP contribution in [0.15, 0.2) is 57.7 Å². The molecule has 0 bridgehead atoms. The van der Waals surface area contributed by atoms with Crippen LogP contribution in [-0.2, 0) is 10.0 Å². The summed E-state index contributed by atoms with van der Waals surface area (Å²) in [6.45, 7) is 3.79. The van der Waals surface area contributed by atoms with Crippen LogP contribution in [0.4, 0.5) is 11.5 Å². The number of fused-ring (bicyclic) bond motifs is 1. The molecule has 1 aromatic heterocycles. The Kier molecular flexibility index (Phi) is 5.66. The van der Waals surface area contributed by atoms with Gasteiger partial charge in [0.1, 0.15) is 16.3 Å². The highest BCUT2D eigenvalue weighted by molar-refractivity contribution is 7.89. The number of hydrogen-bond acceptors (Lipinski definition) is 8. The third kappa shape index (κ3) is 4.44. The Balaban J connectivity index is 2.08. The first-order valence-electron chi connectivity index (χ1n) is 8.60. The van der Waals surface area contributed by atoms with Gasteiger partial charge in [0, 0.05) is 29.1 Å².